The van der Waals surface area contributed by atoms with E-state index in [1.54, 1.807) is 12.1 Å². The number of alkyl halides is 2. The van der Waals surface area contributed by atoms with Crippen LogP contribution in [0.3, 0.4) is 0 Å². The van der Waals surface area contributed by atoms with Crippen LogP contribution >= 0.6 is 0 Å². The highest BCUT2D eigenvalue weighted by atomic mass is 19.3. The molecule has 2 aromatic rings. The second-order valence-corrected chi connectivity index (χ2v) is 5.20. The summed E-state index contributed by atoms with van der Waals surface area (Å²) in [7, 11) is 1.32. The first-order valence-corrected chi connectivity index (χ1v) is 7.55. The highest BCUT2D eigenvalue weighted by molar-refractivity contribution is 5.92. The third-order valence-corrected chi connectivity index (χ3v) is 3.25. The fourth-order valence-corrected chi connectivity index (χ4v) is 2.12. The van der Waals surface area contributed by atoms with E-state index in [1.165, 1.54) is 44.4 Å². The molecule has 0 spiro atoms. The highest BCUT2D eigenvalue weighted by Gasteiger charge is 2.13. The predicted octanol–water partition coefficient (Wildman–Crippen LogP) is 3.61. The third-order valence-electron chi connectivity index (χ3n) is 3.25. The number of carbonyl (C=O) groups is 2. The van der Waals surface area contributed by atoms with E-state index in [0.717, 1.165) is 0 Å². The minimum atomic E-state index is -2.96. The summed E-state index contributed by atoms with van der Waals surface area (Å²) in [6.07, 6.45) is 0. The molecule has 8 heteroatoms. The van der Waals surface area contributed by atoms with E-state index in [1.807, 2.05) is 0 Å². The number of benzene rings is 2. The molecule has 0 bridgehead atoms. The van der Waals surface area contributed by atoms with E-state index >= 15 is 0 Å². The van der Waals surface area contributed by atoms with Crippen LogP contribution < -0.4 is 14.8 Å². The molecule has 6 nitrogen and oxygen atoms in total. The van der Waals surface area contributed by atoms with Gasteiger partial charge in [-0.15, -0.1) is 0 Å². The number of rotatable bonds is 7. The summed E-state index contributed by atoms with van der Waals surface area (Å²) in [5, 5.41) is 2.59. The van der Waals surface area contributed by atoms with Crippen molar-refractivity contribution in [3.05, 3.63) is 53.6 Å². The number of halogens is 2. The zero-order valence-corrected chi connectivity index (χ0v) is 14.1. The molecule has 1 N–H and O–H groups in total. The largest absolute Gasteiger partial charge is 0.493 e. The molecule has 0 heterocycles. The number of ether oxygens (including phenoxy) is 3. The van der Waals surface area contributed by atoms with Crippen molar-refractivity contribution in [3.8, 4) is 11.5 Å². The van der Waals surface area contributed by atoms with Gasteiger partial charge in [0, 0.05) is 12.6 Å². The second kappa shape index (κ2) is 8.80. The monoisotopic (exact) mass is 365 g/mol. The molecule has 2 rings (SSSR count). The SMILES string of the molecule is COc1cc(COC(=O)c2ccc(NC(C)=O)cc2)ccc1OC(F)F. The standard InChI is InChI=1S/C18H17F2NO5/c1-11(22)21-14-6-4-13(5-7-14)17(23)25-10-12-3-8-15(26-18(19)20)16(9-12)24-2/h3-9,18H,10H2,1-2H3,(H,21,22). The number of carbonyl (C=O) groups excluding carboxylic acids is 2. The van der Waals surface area contributed by atoms with Crippen LogP contribution in [0.5, 0.6) is 11.5 Å². The number of nitrogens with one attached hydrogen (secondary N) is 1. The molecular formula is C18H17F2NO5. The van der Waals surface area contributed by atoms with Crippen LogP contribution in [0.1, 0.15) is 22.8 Å². The Morgan fingerprint density at radius 2 is 1.77 bits per heavy atom. The summed E-state index contributed by atoms with van der Waals surface area (Å²) in [4.78, 5) is 23.0. The molecule has 0 radical (unpaired) electrons. The molecule has 0 fully saturated rings. The van der Waals surface area contributed by atoms with Gasteiger partial charge in [-0.05, 0) is 42.0 Å². The Morgan fingerprint density at radius 1 is 1.08 bits per heavy atom. The number of hydrogen-bond acceptors (Lipinski definition) is 5. The van der Waals surface area contributed by atoms with Gasteiger partial charge < -0.3 is 19.5 Å². The molecule has 0 aromatic heterocycles. The van der Waals surface area contributed by atoms with E-state index in [2.05, 4.69) is 10.1 Å². The number of anilines is 1. The first-order chi connectivity index (χ1) is 12.4. The van der Waals surface area contributed by atoms with Crippen molar-refractivity contribution >= 4 is 17.6 Å². The van der Waals surface area contributed by atoms with E-state index in [0.29, 0.717) is 16.8 Å². The van der Waals surface area contributed by atoms with E-state index in [4.69, 9.17) is 9.47 Å². The topological polar surface area (TPSA) is 73.9 Å². The second-order valence-electron chi connectivity index (χ2n) is 5.20. The molecule has 0 atom stereocenters. The smallest absolute Gasteiger partial charge is 0.387 e. The van der Waals surface area contributed by atoms with E-state index in [-0.39, 0.29) is 24.0 Å². The van der Waals surface area contributed by atoms with Crippen molar-refractivity contribution in [2.24, 2.45) is 0 Å². The van der Waals surface area contributed by atoms with Gasteiger partial charge in [0.2, 0.25) is 5.91 Å². The van der Waals surface area contributed by atoms with Crippen LogP contribution in [0.15, 0.2) is 42.5 Å². The van der Waals surface area contributed by atoms with Crippen LogP contribution in [0.25, 0.3) is 0 Å². The van der Waals surface area contributed by atoms with Crippen LogP contribution in [0.2, 0.25) is 0 Å². The van der Waals surface area contributed by atoms with Gasteiger partial charge in [0.25, 0.3) is 0 Å². The summed E-state index contributed by atoms with van der Waals surface area (Å²) in [6, 6.07) is 10.5. The van der Waals surface area contributed by atoms with Crippen LogP contribution in [0, 0.1) is 0 Å². The molecule has 138 valence electrons. The molecule has 0 saturated heterocycles. The van der Waals surface area contributed by atoms with Crippen molar-refractivity contribution in [2.45, 2.75) is 20.1 Å². The molecule has 0 saturated carbocycles. The minimum Gasteiger partial charge on any atom is -0.493 e. The number of hydrogen-bond donors (Lipinski definition) is 1. The van der Waals surface area contributed by atoms with Crippen molar-refractivity contribution in [1.29, 1.82) is 0 Å². The summed E-state index contributed by atoms with van der Waals surface area (Å²) < 4.78 is 39.1. The average Bonchev–Trinajstić information content (AvgIpc) is 2.60. The summed E-state index contributed by atoms with van der Waals surface area (Å²) in [6.45, 7) is -1.65. The number of esters is 1. The first-order valence-electron chi connectivity index (χ1n) is 7.55. The Bertz CT molecular complexity index is 778. The molecule has 0 aliphatic heterocycles. The van der Waals surface area contributed by atoms with Gasteiger partial charge in [-0.3, -0.25) is 4.79 Å². The lowest BCUT2D eigenvalue weighted by molar-refractivity contribution is -0.114. The van der Waals surface area contributed by atoms with Crippen LogP contribution in [-0.2, 0) is 16.1 Å². The number of methoxy groups -OCH3 is 1. The summed E-state index contributed by atoms with van der Waals surface area (Å²) in [5.41, 5.74) is 1.42. The normalized spacial score (nSPS) is 10.3. The van der Waals surface area contributed by atoms with Gasteiger partial charge in [-0.25, -0.2) is 4.79 Å². The zero-order valence-electron chi connectivity index (χ0n) is 14.1. The van der Waals surface area contributed by atoms with Crippen LogP contribution in [0.4, 0.5) is 14.5 Å². The Labute approximate surface area is 148 Å². The maximum atomic E-state index is 12.3. The van der Waals surface area contributed by atoms with Gasteiger partial charge in [0.15, 0.2) is 11.5 Å². The van der Waals surface area contributed by atoms with Gasteiger partial charge in [-0.1, -0.05) is 6.07 Å². The fourth-order valence-electron chi connectivity index (χ4n) is 2.12. The Balaban J connectivity index is 1.99. The molecule has 2 aromatic carbocycles. The van der Waals surface area contributed by atoms with Crippen molar-refractivity contribution in [1.82, 2.24) is 0 Å². The van der Waals surface area contributed by atoms with Gasteiger partial charge in [0.1, 0.15) is 6.61 Å². The maximum Gasteiger partial charge on any atom is 0.387 e. The lowest BCUT2D eigenvalue weighted by Crippen LogP contribution is -2.08. The highest BCUT2D eigenvalue weighted by Crippen LogP contribution is 2.29. The zero-order chi connectivity index (χ0) is 19.1. The van der Waals surface area contributed by atoms with Crippen molar-refractivity contribution in [3.63, 3.8) is 0 Å². The van der Waals surface area contributed by atoms with Crippen molar-refractivity contribution in [2.75, 3.05) is 12.4 Å². The quantitative estimate of drug-likeness (QED) is 0.759. The summed E-state index contributed by atoms with van der Waals surface area (Å²) >= 11 is 0. The fraction of sp³-hybridized carbons (Fsp3) is 0.222. The lowest BCUT2D eigenvalue weighted by atomic mass is 10.2. The molecule has 0 aliphatic carbocycles. The molecule has 0 aliphatic rings. The maximum absolute atomic E-state index is 12.3. The van der Waals surface area contributed by atoms with Gasteiger partial charge >= 0.3 is 12.6 Å². The lowest BCUT2D eigenvalue weighted by Gasteiger charge is -2.12. The predicted molar refractivity (Wildman–Crippen MR) is 89.5 cm³/mol. The molecule has 0 unspecified atom stereocenters. The van der Waals surface area contributed by atoms with Gasteiger partial charge in [0.05, 0.1) is 12.7 Å². The molecule has 26 heavy (non-hydrogen) atoms. The summed E-state index contributed by atoms with van der Waals surface area (Å²) in [5.74, 6) is -0.774. The van der Waals surface area contributed by atoms with E-state index in [9.17, 15) is 18.4 Å². The Kier molecular flexibility index (Phi) is 6.48. The average molecular weight is 365 g/mol. The number of amides is 1. The Hall–Kier alpha value is -3.16. The first kappa shape index (κ1) is 19.2. The molecular weight excluding hydrogens is 348 g/mol. The van der Waals surface area contributed by atoms with Crippen LogP contribution in [-0.4, -0.2) is 25.6 Å². The Morgan fingerprint density at radius 3 is 2.35 bits per heavy atom. The minimum absolute atomic E-state index is 0.0718. The molecule has 1 amide bonds. The third kappa shape index (κ3) is 5.44. The van der Waals surface area contributed by atoms with Gasteiger partial charge in [-0.2, -0.15) is 8.78 Å². The van der Waals surface area contributed by atoms with E-state index < -0.39 is 12.6 Å². The van der Waals surface area contributed by atoms with Crippen molar-refractivity contribution < 1.29 is 32.6 Å².